The Labute approximate surface area is 200 Å². The summed E-state index contributed by atoms with van der Waals surface area (Å²) < 4.78 is 38.3. The van der Waals surface area contributed by atoms with Gasteiger partial charge in [0.1, 0.15) is 6.04 Å². The minimum absolute atomic E-state index is 0.209. The number of piperidine rings is 2. The number of nitrogens with one attached hydrogen (secondary N) is 1. The van der Waals surface area contributed by atoms with Crippen LogP contribution in [0.25, 0.3) is 0 Å². The number of halogens is 3. The van der Waals surface area contributed by atoms with Gasteiger partial charge in [-0.05, 0) is 62.2 Å². The van der Waals surface area contributed by atoms with Gasteiger partial charge in [-0.3, -0.25) is 29.6 Å². The first-order chi connectivity index (χ1) is 16.7. The highest BCUT2D eigenvalue weighted by Gasteiger charge is 2.40. The summed E-state index contributed by atoms with van der Waals surface area (Å²) in [6, 6.07) is 8.30. The van der Waals surface area contributed by atoms with Crippen LogP contribution in [0, 0.1) is 0 Å². The van der Waals surface area contributed by atoms with Crippen LogP contribution in [0.4, 0.5) is 13.2 Å². The summed E-state index contributed by atoms with van der Waals surface area (Å²) in [5.74, 6) is -0.771. The van der Waals surface area contributed by atoms with Crippen LogP contribution in [-0.4, -0.2) is 51.6 Å². The number of benzene rings is 1. The molecule has 3 aliphatic rings. The van der Waals surface area contributed by atoms with Crippen LogP contribution in [0.3, 0.4) is 0 Å². The zero-order valence-corrected chi connectivity index (χ0v) is 19.0. The van der Waals surface area contributed by atoms with E-state index in [-0.39, 0.29) is 30.7 Å². The number of rotatable bonds is 4. The third-order valence-corrected chi connectivity index (χ3v) is 7.09. The molecule has 0 bridgehead atoms. The maximum Gasteiger partial charge on any atom is 0.416 e. The van der Waals surface area contributed by atoms with Crippen molar-refractivity contribution in [2.45, 2.75) is 56.9 Å². The van der Waals surface area contributed by atoms with E-state index in [9.17, 15) is 27.6 Å². The first-order valence-corrected chi connectivity index (χ1v) is 11.7. The maximum absolute atomic E-state index is 12.9. The zero-order valence-electron chi connectivity index (χ0n) is 19.0. The molecule has 2 aromatic rings. The van der Waals surface area contributed by atoms with Gasteiger partial charge in [0, 0.05) is 24.6 Å². The number of pyridine rings is 1. The van der Waals surface area contributed by atoms with Crippen molar-refractivity contribution in [3.05, 3.63) is 64.5 Å². The molecule has 1 aromatic heterocycles. The van der Waals surface area contributed by atoms with Crippen molar-refractivity contribution >= 4 is 17.7 Å². The van der Waals surface area contributed by atoms with Gasteiger partial charge in [0.05, 0.1) is 23.4 Å². The average Bonchev–Trinajstić information content (AvgIpc) is 3.15. The number of carbonyl (C=O) groups excluding carboxylic acids is 3. The summed E-state index contributed by atoms with van der Waals surface area (Å²) >= 11 is 0. The average molecular weight is 486 g/mol. The van der Waals surface area contributed by atoms with Gasteiger partial charge >= 0.3 is 6.18 Å². The molecule has 1 atom stereocenters. The Bertz CT molecular complexity index is 1160. The lowest BCUT2D eigenvalue weighted by Crippen LogP contribution is -2.52. The lowest BCUT2D eigenvalue weighted by atomic mass is 9.92. The molecule has 0 aliphatic carbocycles. The van der Waals surface area contributed by atoms with E-state index in [1.807, 2.05) is 6.07 Å². The van der Waals surface area contributed by atoms with E-state index in [0.29, 0.717) is 24.2 Å². The Morgan fingerprint density at radius 2 is 1.69 bits per heavy atom. The van der Waals surface area contributed by atoms with Gasteiger partial charge in [0.2, 0.25) is 11.8 Å². The second kappa shape index (κ2) is 9.07. The first kappa shape index (κ1) is 23.5. The number of carbonyl (C=O) groups is 3. The molecule has 2 fully saturated rings. The predicted octanol–water partition coefficient (Wildman–Crippen LogP) is 3.24. The Morgan fingerprint density at radius 3 is 2.34 bits per heavy atom. The quantitative estimate of drug-likeness (QED) is 0.671. The van der Waals surface area contributed by atoms with E-state index in [1.54, 1.807) is 6.07 Å². The van der Waals surface area contributed by atoms with Crippen LogP contribution in [0.1, 0.15) is 64.5 Å². The van der Waals surface area contributed by atoms with E-state index in [1.165, 1.54) is 17.0 Å². The SMILES string of the molecule is O=C1CCC(N2Cc3nc(C4CCN(Cc5ccc(C(F)(F)F)cc5)CC4)ccc3C2=O)C(=O)N1. The summed E-state index contributed by atoms with van der Waals surface area (Å²) in [4.78, 5) is 45.0. The van der Waals surface area contributed by atoms with Crippen LogP contribution >= 0.6 is 0 Å². The number of hydrogen-bond acceptors (Lipinski definition) is 5. The molecule has 5 rings (SSSR count). The van der Waals surface area contributed by atoms with Crippen molar-refractivity contribution in [1.29, 1.82) is 0 Å². The Hall–Kier alpha value is -3.27. The number of hydrogen-bond donors (Lipinski definition) is 1. The fourth-order valence-electron chi connectivity index (χ4n) is 5.12. The van der Waals surface area contributed by atoms with Crippen molar-refractivity contribution in [3.8, 4) is 0 Å². The minimum Gasteiger partial charge on any atom is -0.321 e. The van der Waals surface area contributed by atoms with Crippen LogP contribution < -0.4 is 5.32 Å². The topological polar surface area (TPSA) is 82.6 Å². The Kier molecular flexibility index (Phi) is 6.08. The first-order valence-electron chi connectivity index (χ1n) is 11.7. The Morgan fingerprint density at radius 1 is 0.971 bits per heavy atom. The summed E-state index contributed by atoms with van der Waals surface area (Å²) in [5.41, 5.74) is 2.27. The number of nitrogens with zero attached hydrogens (tertiary/aromatic N) is 3. The normalized spacial score (nSPS) is 21.9. The minimum atomic E-state index is -4.33. The molecular formula is C25H25F3N4O3. The molecule has 35 heavy (non-hydrogen) atoms. The van der Waals surface area contributed by atoms with Crippen molar-refractivity contribution < 1.29 is 27.6 Å². The van der Waals surface area contributed by atoms with Gasteiger partial charge < -0.3 is 4.90 Å². The molecule has 1 unspecified atom stereocenters. The van der Waals surface area contributed by atoms with Crippen molar-refractivity contribution in [2.75, 3.05) is 13.1 Å². The molecule has 184 valence electrons. The fourth-order valence-corrected chi connectivity index (χ4v) is 5.12. The van der Waals surface area contributed by atoms with E-state index >= 15 is 0 Å². The molecule has 0 saturated carbocycles. The summed E-state index contributed by atoms with van der Waals surface area (Å²) in [7, 11) is 0. The summed E-state index contributed by atoms with van der Waals surface area (Å²) in [5, 5.41) is 2.30. The van der Waals surface area contributed by atoms with E-state index in [4.69, 9.17) is 4.98 Å². The predicted molar refractivity (Wildman–Crippen MR) is 119 cm³/mol. The van der Waals surface area contributed by atoms with E-state index in [2.05, 4.69) is 10.2 Å². The Balaban J connectivity index is 1.19. The van der Waals surface area contributed by atoms with Gasteiger partial charge in [0.25, 0.3) is 5.91 Å². The number of amides is 3. The van der Waals surface area contributed by atoms with Gasteiger partial charge in [-0.1, -0.05) is 12.1 Å². The highest BCUT2D eigenvalue weighted by atomic mass is 19.4. The van der Waals surface area contributed by atoms with Gasteiger partial charge in [-0.15, -0.1) is 0 Å². The van der Waals surface area contributed by atoms with Crippen LogP contribution in [0.5, 0.6) is 0 Å². The maximum atomic E-state index is 12.9. The molecule has 3 aliphatic heterocycles. The third-order valence-electron chi connectivity index (χ3n) is 7.09. The van der Waals surface area contributed by atoms with Gasteiger partial charge in [0.15, 0.2) is 0 Å². The van der Waals surface area contributed by atoms with Crippen molar-refractivity contribution in [1.82, 2.24) is 20.1 Å². The number of likely N-dealkylation sites (tertiary alicyclic amines) is 1. The highest BCUT2D eigenvalue weighted by molar-refractivity contribution is 6.05. The molecule has 0 radical (unpaired) electrons. The lowest BCUT2D eigenvalue weighted by Gasteiger charge is -2.32. The zero-order chi connectivity index (χ0) is 24.7. The number of aromatic nitrogens is 1. The number of alkyl halides is 3. The van der Waals surface area contributed by atoms with Crippen molar-refractivity contribution in [3.63, 3.8) is 0 Å². The molecule has 7 nitrogen and oxygen atoms in total. The fraction of sp³-hybridized carbons (Fsp3) is 0.440. The van der Waals surface area contributed by atoms with Crippen LogP contribution in [-0.2, 0) is 28.9 Å². The molecule has 2 saturated heterocycles. The number of imide groups is 1. The molecule has 0 spiro atoms. The van der Waals surface area contributed by atoms with Gasteiger partial charge in [-0.25, -0.2) is 0 Å². The third kappa shape index (κ3) is 4.80. The molecule has 3 amide bonds. The molecule has 4 heterocycles. The monoisotopic (exact) mass is 486 g/mol. The summed E-state index contributed by atoms with van der Waals surface area (Å²) in [6.45, 7) is 2.44. The molecule has 1 N–H and O–H groups in total. The van der Waals surface area contributed by atoms with Crippen LogP contribution in [0.15, 0.2) is 36.4 Å². The largest absolute Gasteiger partial charge is 0.416 e. The van der Waals surface area contributed by atoms with Crippen molar-refractivity contribution in [2.24, 2.45) is 0 Å². The second-order valence-electron chi connectivity index (χ2n) is 9.38. The standard InChI is InChI=1S/C25H25F3N4O3/c26-25(27,28)17-3-1-15(2-4-17)13-31-11-9-16(10-12-31)19-6-5-18-20(29-19)14-32(24(18)35)21-7-8-22(33)30-23(21)34/h1-6,16,21H,7-14H2,(H,30,33,34). The highest BCUT2D eigenvalue weighted by Crippen LogP contribution is 2.32. The molecule has 1 aromatic carbocycles. The lowest BCUT2D eigenvalue weighted by molar-refractivity contribution is -0.138. The molecule has 10 heteroatoms. The number of fused-ring (bicyclic) bond motifs is 1. The van der Waals surface area contributed by atoms with E-state index in [0.717, 1.165) is 49.3 Å². The second-order valence-corrected chi connectivity index (χ2v) is 9.38. The summed E-state index contributed by atoms with van der Waals surface area (Å²) in [6.07, 6.45) is -2.09. The molecular weight excluding hydrogens is 461 g/mol. The smallest absolute Gasteiger partial charge is 0.321 e. The van der Waals surface area contributed by atoms with Gasteiger partial charge in [-0.2, -0.15) is 13.2 Å². The van der Waals surface area contributed by atoms with Crippen LogP contribution in [0.2, 0.25) is 0 Å². The van der Waals surface area contributed by atoms with E-state index < -0.39 is 23.7 Å².